The second kappa shape index (κ2) is 7.43. The van der Waals surface area contributed by atoms with Crippen molar-refractivity contribution in [2.75, 3.05) is 19.0 Å². The van der Waals surface area contributed by atoms with E-state index >= 15 is 0 Å². The van der Waals surface area contributed by atoms with Gasteiger partial charge in [-0.1, -0.05) is 0 Å². The maximum absolute atomic E-state index is 12.2. The molecule has 2 amide bonds. The highest BCUT2D eigenvalue weighted by Gasteiger charge is 2.27. The third kappa shape index (κ3) is 4.63. The zero-order chi connectivity index (χ0) is 18.6. The average molecular weight is 347 g/mol. The van der Waals surface area contributed by atoms with Crippen LogP contribution >= 0.6 is 0 Å². The molecule has 6 N–H and O–H groups in total. The van der Waals surface area contributed by atoms with Crippen molar-refractivity contribution in [3.05, 3.63) is 42.1 Å². The van der Waals surface area contributed by atoms with Crippen molar-refractivity contribution in [1.29, 1.82) is 0 Å². The molecule has 1 aromatic rings. The number of nitrogens with one attached hydrogen (secondary N) is 2. The van der Waals surface area contributed by atoms with Crippen LogP contribution in [0, 0.1) is 0 Å². The van der Waals surface area contributed by atoms with Gasteiger partial charge in [0.1, 0.15) is 11.4 Å². The maximum atomic E-state index is 12.2. The van der Waals surface area contributed by atoms with Crippen LogP contribution in [0.5, 0.6) is 0 Å². The number of carbonyl (C=O) groups excluding carboxylic acids is 2. The zero-order valence-electron chi connectivity index (χ0n) is 13.9. The van der Waals surface area contributed by atoms with Crippen LogP contribution in [0.1, 0.15) is 17.3 Å². The van der Waals surface area contributed by atoms with E-state index in [-0.39, 0.29) is 5.84 Å². The summed E-state index contributed by atoms with van der Waals surface area (Å²) in [5.41, 5.74) is 5.04. The molecule has 0 saturated carbocycles. The van der Waals surface area contributed by atoms with Crippen LogP contribution in [0.4, 0.5) is 5.69 Å². The summed E-state index contributed by atoms with van der Waals surface area (Å²) < 4.78 is 0. The Labute approximate surface area is 144 Å². The first-order chi connectivity index (χ1) is 11.7. The predicted molar refractivity (Wildman–Crippen MR) is 92.6 cm³/mol. The maximum Gasteiger partial charge on any atom is 0.256 e. The van der Waals surface area contributed by atoms with E-state index in [2.05, 4.69) is 15.6 Å². The van der Waals surface area contributed by atoms with Crippen molar-refractivity contribution in [2.45, 2.75) is 18.8 Å². The number of amidine groups is 1. The minimum atomic E-state index is -1.39. The molecular formula is C16H21N5O4. The number of benzene rings is 1. The first kappa shape index (κ1) is 18.6. The molecule has 1 aromatic carbocycles. The molecule has 2 atom stereocenters. The molecule has 1 aliphatic heterocycles. The summed E-state index contributed by atoms with van der Waals surface area (Å²) in [6, 6.07) is 6.13. The van der Waals surface area contributed by atoms with Crippen LogP contribution in [-0.2, 0) is 4.79 Å². The lowest BCUT2D eigenvalue weighted by molar-refractivity contribution is -0.121. The molecule has 0 radical (unpaired) electrons. The lowest BCUT2D eigenvalue weighted by Gasteiger charge is -2.22. The van der Waals surface area contributed by atoms with E-state index < -0.39 is 30.3 Å². The highest BCUT2D eigenvalue weighted by molar-refractivity contribution is 6.10. The van der Waals surface area contributed by atoms with Crippen molar-refractivity contribution in [3.63, 3.8) is 0 Å². The van der Waals surface area contributed by atoms with Crippen LogP contribution < -0.4 is 16.4 Å². The Morgan fingerprint density at radius 2 is 1.96 bits per heavy atom. The standard InChI is InChI=1S/C16H21N5O4/c1-16(17,9-22)14(24)18-11-5-3-10(4-6-11)13(23)19-12-7-8-21(2)15(25)20-12/h3-8,15,22,25H,9,17H2,1-2H3,(H,18,24)(H,19,20,23). The summed E-state index contributed by atoms with van der Waals surface area (Å²) in [5, 5.41) is 23.8. The van der Waals surface area contributed by atoms with Crippen LogP contribution in [0.3, 0.4) is 0 Å². The van der Waals surface area contributed by atoms with Crippen LogP contribution in [0.2, 0.25) is 0 Å². The number of aliphatic hydroxyl groups excluding tert-OH is 2. The van der Waals surface area contributed by atoms with Crippen molar-refractivity contribution in [3.8, 4) is 0 Å². The van der Waals surface area contributed by atoms with E-state index in [0.29, 0.717) is 11.3 Å². The molecule has 0 spiro atoms. The molecule has 9 nitrogen and oxygen atoms in total. The number of nitrogens with zero attached hydrogens (tertiary/aromatic N) is 2. The van der Waals surface area contributed by atoms with Crippen molar-refractivity contribution < 1.29 is 19.8 Å². The Kier molecular flexibility index (Phi) is 5.52. The Hall–Kier alpha value is -2.75. The SMILES string of the molecule is CN1C=CC(NC(=O)c2ccc(NC(=O)C(C)(N)CO)cc2)=NC1O. The predicted octanol–water partition coefficient (Wildman–Crippen LogP) is -0.802. The number of nitrogens with two attached hydrogens (primary N) is 1. The quantitative estimate of drug-likeness (QED) is 0.483. The summed E-state index contributed by atoms with van der Waals surface area (Å²) in [4.78, 5) is 29.4. The highest BCUT2D eigenvalue weighted by atomic mass is 16.3. The molecule has 2 unspecified atom stereocenters. The molecule has 0 aliphatic carbocycles. The van der Waals surface area contributed by atoms with Gasteiger partial charge in [0.05, 0.1) is 6.61 Å². The van der Waals surface area contributed by atoms with Crippen molar-refractivity contribution in [2.24, 2.45) is 10.7 Å². The summed E-state index contributed by atoms with van der Waals surface area (Å²) in [5.74, 6) is -0.695. The molecular weight excluding hydrogens is 326 g/mol. The lowest BCUT2D eigenvalue weighted by Crippen LogP contribution is -2.51. The van der Waals surface area contributed by atoms with E-state index in [1.807, 2.05) is 0 Å². The number of aliphatic hydroxyl groups is 2. The second-order valence-corrected chi connectivity index (χ2v) is 5.90. The summed E-state index contributed by atoms with van der Waals surface area (Å²) in [7, 11) is 1.65. The van der Waals surface area contributed by atoms with Crippen LogP contribution in [0.15, 0.2) is 41.5 Å². The van der Waals surface area contributed by atoms with E-state index in [1.165, 1.54) is 24.0 Å². The van der Waals surface area contributed by atoms with E-state index in [9.17, 15) is 14.7 Å². The monoisotopic (exact) mass is 347 g/mol. The van der Waals surface area contributed by atoms with Crippen LogP contribution in [-0.4, -0.2) is 58.3 Å². The molecule has 9 heteroatoms. The topological polar surface area (TPSA) is 140 Å². The van der Waals surface area contributed by atoms with E-state index in [0.717, 1.165) is 0 Å². The van der Waals surface area contributed by atoms with Gasteiger partial charge in [0.2, 0.25) is 12.3 Å². The molecule has 134 valence electrons. The molecule has 1 aliphatic rings. The fourth-order valence-corrected chi connectivity index (χ4v) is 1.84. The van der Waals surface area contributed by atoms with Gasteiger partial charge in [0.15, 0.2) is 0 Å². The largest absolute Gasteiger partial charge is 0.394 e. The van der Waals surface area contributed by atoms with Gasteiger partial charge in [-0.15, -0.1) is 0 Å². The molecule has 0 bridgehead atoms. The Bertz CT molecular complexity index is 712. The number of hydrogen-bond donors (Lipinski definition) is 5. The van der Waals surface area contributed by atoms with Gasteiger partial charge in [0, 0.05) is 24.5 Å². The van der Waals surface area contributed by atoms with Gasteiger partial charge in [-0.2, -0.15) is 0 Å². The van der Waals surface area contributed by atoms with Crippen molar-refractivity contribution >= 4 is 23.3 Å². The van der Waals surface area contributed by atoms with E-state index in [1.54, 1.807) is 31.5 Å². The van der Waals surface area contributed by atoms with Gasteiger partial charge >= 0.3 is 0 Å². The minimum Gasteiger partial charge on any atom is -0.394 e. The smallest absolute Gasteiger partial charge is 0.256 e. The zero-order valence-corrected chi connectivity index (χ0v) is 13.9. The number of hydrogen-bond acceptors (Lipinski definition) is 7. The Morgan fingerprint density at radius 1 is 1.32 bits per heavy atom. The number of anilines is 1. The van der Waals surface area contributed by atoms with Gasteiger partial charge in [-0.25, -0.2) is 4.99 Å². The van der Waals surface area contributed by atoms with Crippen LogP contribution in [0.25, 0.3) is 0 Å². The van der Waals surface area contributed by atoms with Gasteiger partial charge in [0.25, 0.3) is 5.91 Å². The third-order valence-electron chi connectivity index (χ3n) is 3.58. The number of aliphatic imine (C=N–C) groups is 1. The summed E-state index contributed by atoms with van der Waals surface area (Å²) >= 11 is 0. The summed E-state index contributed by atoms with van der Waals surface area (Å²) in [6.45, 7) is 0.921. The Morgan fingerprint density at radius 3 is 2.52 bits per heavy atom. The van der Waals surface area contributed by atoms with Gasteiger partial charge in [-0.3, -0.25) is 9.59 Å². The number of rotatable bonds is 4. The fourth-order valence-electron chi connectivity index (χ4n) is 1.84. The Balaban J connectivity index is 2.00. The first-order valence-electron chi connectivity index (χ1n) is 7.51. The average Bonchev–Trinajstić information content (AvgIpc) is 2.58. The first-order valence-corrected chi connectivity index (χ1v) is 7.51. The number of carbonyl (C=O) groups is 2. The van der Waals surface area contributed by atoms with Crippen molar-refractivity contribution in [1.82, 2.24) is 10.2 Å². The fraction of sp³-hybridized carbons (Fsp3) is 0.312. The lowest BCUT2D eigenvalue weighted by atomic mass is 10.0. The molecule has 25 heavy (non-hydrogen) atoms. The minimum absolute atomic E-state index is 0.245. The molecule has 0 saturated heterocycles. The molecule has 1 heterocycles. The van der Waals surface area contributed by atoms with Gasteiger partial charge in [-0.05, 0) is 37.3 Å². The summed E-state index contributed by atoms with van der Waals surface area (Å²) in [6.07, 6.45) is 2.11. The molecule has 2 rings (SSSR count). The number of amides is 2. The second-order valence-electron chi connectivity index (χ2n) is 5.90. The highest BCUT2D eigenvalue weighted by Crippen LogP contribution is 2.12. The molecule has 0 fully saturated rings. The van der Waals surface area contributed by atoms with E-state index in [4.69, 9.17) is 10.8 Å². The normalized spacial score (nSPS) is 19.0. The van der Waals surface area contributed by atoms with Gasteiger partial charge < -0.3 is 31.5 Å². The molecule has 0 aromatic heterocycles. The third-order valence-corrected chi connectivity index (χ3v) is 3.58.